The number of hydrogen-bond donors (Lipinski definition) is 3. The Balaban J connectivity index is 3.05. The molecule has 6 heteroatoms. The van der Waals surface area contributed by atoms with Crippen LogP contribution in [-0.2, 0) is 9.53 Å². The summed E-state index contributed by atoms with van der Waals surface area (Å²) in [5, 5.41) is 28.5. The van der Waals surface area contributed by atoms with Gasteiger partial charge in [0, 0.05) is 5.56 Å². The summed E-state index contributed by atoms with van der Waals surface area (Å²) < 4.78 is 4.86. The smallest absolute Gasteiger partial charge is 0.339 e. The Labute approximate surface area is 100 Å². The lowest BCUT2D eigenvalue weighted by atomic mass is 10.1. The molecule has 0 saturated heterocycles. The van der Waals surface area contributed by atoms with E-state index in [4.69, 9.17) is 0 Å². The van der Waals surface area contributed by atoms with E-state index in [1.165, 1.54) is 12.1 Å². The van der Waals surface area contributed by atoms with Crippen molar-refractivity contribution in [3.8, 4) is 11.5 Å². The summed E-state index contributed by atoms with van der Waals surface area (Å²) >= 11 is 2.99. The second kappa shape index (κ2) is 5.18. The number of hydrogen-bond acceptors (Lipinski definition) is 5. The first kappa shape index (κ1) is 12.8. The van der Waals surface area contributed by atoms with Crippen molar-refractivity contribution >= 4 is 21.9 Å². The molecule has 0 aliphatic carbocycles. The molecular formula is C10H11BrO5. The zero-order chi connectivity index (χ0) is 12.3. The standard InChI is InChI=1S/C10H11BrO5/c1-2-16-10(15)8(13)5-3-4-6(11)9(14)7(5)12/h3-4,8,12-14H,2H2,1H3. The molecule has 0 spiro atoms. The first-order valence-electron chi connectivity index (χ1n) is 4.54. The van der Waals surface area contributed by atoms with Gasteiger partial charge in [-0.05, 0) is 28.9 Å². The number of carbonyl (C=O) groups is 1. The molecule has 0 aliphatic heterocycles. The Hall–Kier alpha value is -1.27. The van der Waals surface area contributed by atoms with Crippen molar-refractivity contribution < 1.29 is 24.9 Å². The molecule has 1 atom stereocenters. The maximum atomic E-state index is 11.2. The van der Waals surface area contributed by atoms with E-state index < -0.39 is 23.6 Å². The van der Waals surface area contributed by atoms with Crippen LogP contribution in [0.1, 0.15) is 18.6 Å². The highest BCUT2D eigenvalue weighted by Crippen LogP contribution is 2.38. The molecule has 0 bridgehead atoms. The number of halogens is 1. The molecule has 0 aromatic heterocycles. The van der Waals surface area contributed by atoms with Crippen LogP contribution >= 0.6 is 15.9 Å². The molecule has 1 aromatic rings. The molecule has 1 unspecified atom stereocenters. The van der Waals surface area contributed by atoms with Crippen LogP contribution in [-0.4, -0.2) is 27.9 Å². The van der Waals surface area contributed by atoms with Gasteiger partial charge >= 0.3 is 5.97 Å². The van der Waals surface area contributed by atoms with Gasteiger partial charge in [0.25, 0.3) is 0 Å². The van der Waals surface area contributed by atoms with E-state index in [0.29, 0.717) is 0 Å². The third-order valence-electron chi connectivity index (χ3n) is 1.94. The van der Waals surface area contributed by atoms with E-state index in [-0.39, 0.29) is 16.6 Å². The Morgan fingerprint density at radius 1 is 1.44 bits per heavy atom. The maximum absolute atomic E-state index is 11.2. The maximum Gasteiger partial charge on any atom is 0.339 e. The lowest BCUT2D eigenvalue weighted by molar-refractivity contribution is -0.153. The van der Waals surface area contributed by atoms with Crippen LogP contribution in [0.3, 0.4) is 0 Å². The summed E-state index contributed by atoms with van der Waals surface area (Å²) in [6, 6.07) is 2.73. The van der Waals surface area contributed by atoms with Gasteiger partial charge in [-0.15, -0.1) is 0 Å². The number of aliphatic hydroxyl groups excluding tert-OH is 1. The van der Waals surface area contributed by atoms with Crippen LogP contribution < -0.4 is 0 Å². The van der Waals surface area contributed by atoms with E-state index in [0.717, 1.165) is 0 Å². The van der Waals surface area contributed by atoms with Gasteiger partial charge in [-0.1, -0.05) is 6.07 Å². The predicted molar refractivity (Wildman–Crippen MR) is 59.1 cm³/mol. The van der Waals surface area contributed by atoms with Crippen molar-refractivity contribution in [2.45, 2.75) is 13.0 Å². The van der Waals surface area contributed by atoms with Gasteiger partial charge in [0.05, 0.1) is 11.1 Å². The summed E-state index contributed by atoms with van der Waals surface area (Å²) in [5.41, 5.74) is -0.0980. The fourth-order valence-electron chi connectivity index (χ4n) is 1.14. The third kappa shape index (κ3) is 2.45. The summed E-state index contributed by atoms with van der Waals surface area (Å²) in [5.74, 6) is -1.85. The Morgan fingerprint density at radius 3 is 2.62 bits per heavy atom. The zero-order valence-electron chi connectivity index (χ0n) is 8.48. The van der Waals surface area contributed by atoms with Crippen molar-refractivity contribution in [3.63, 3.8) is 0 Å². The summed E-state index contributed by atoms with van der Waals surface area (Å²) in [6.45, 7) is 1.72. The van der Waals surface area contributed by atoms with Crippen LogP contribution in [0.4, 0.5) is 0 Å². The monoisotopic (exact) mass is 290 g/mol. The fraction of sp³-hybridized carbons (Fsp3) is 0.300. The van der Waals surface area contributed by atoms with Crippen molar-refractivity contribution in [1.82, 2.24) is 0 Å². The second-order valence-corrected chi connectivity index (χ2v) is 3.84. The molecule has 0 fully saturated rings. The number of esters is 1. The summed E-state index contributed by atoms with van der Waals surface area (Å²) in [6.07, 6.45) is -1.61. The SMILES string of the molecule is CCOC(=O)C(O)c1ccc(Br)c(O)c1O. The summed E-state index contributed by atoms with van der Waals surface area (Å²) in [7, 11) is 0. The molecular weight excluding hydrogens is 280 g/mol. The van der Waals surface area contributed by atoms with Gasteiger partial charge in [0.2, 0.25) is 0 Å². The molecule has 3 N–H and O–H groups in total. The van der Waals surface area contributed by atoms with Crippen molar-refractivity contribution in [3.05, 3.63) is 22.2 Å². The lowest BCUT2D eigenvalue weighted by Gasteiger charge is -2.12. The number of ether oxygens (including phenoxy) is 1. The highest BCUT2D eigenvalue weighted by molar-refractivity contribution is 9.10. The average Bonchev–Trinajstić information content (AvgIpc) is 2.26. The molecule has 5 nitrogen and oxygen atoms in total. The van der Waals surface area contributed by atoms with E-state index >= 15 is 0 Å². The first-order valence-corrected chi connectivity index (χ1v) is 5.33. The number of phenols is 2. The fourth-order valence-corrected chi connectivity index (χ4v) is 1.46. The van der Waals surface area contributed by atoms with Gasteiger partial charge in [0.1, 0.15) is 0 Å². The largest absolute Gasteiger partial charge is 0.504 e. The van der Waals surface area contributed by atoms with E-state index in [1.54, 1.807) is 6.92 Å². The second-order valence-electron chi connectivity index (χ2n) is 2.99. The molecule has 0 amide bonds. The number of carbonyl (C=O) groups excluding carboxylic acids is 1. The highest BCUT2D eigenvalue weighted by atomic mass is 79.9. The van der Waals surface area contributed by atoms with Gasteiger partial charge in [-0.3, -0.25) is 0 Å². The lowest BCUT2D eigenvalue weighted by Crippen LogP contribution is -2.15. The third-order valence-corrected chi connectivity index (χ3v) is 2.58. The Morgan fingerprint density at radius 2 is 2.06 bits per heavy atom. The Bertz CT molecular complexity index is 404. The summed E-state index contributed by atoms with van der Waals surface area (Å²) in [4.78, 5) is 11.2. The minimum absolute atomic E-state index is 0.0980. The molecule has 1 aromatic carbocycles. The molecule has 1 rings (SSSR count). The number of phenolic OH excluding ortho intramolecular Hbond substituents is 2. The van der Waals surface area contributed by atoms with Gasteiger partial charge < -0.3 is 20.1 Å². The zero-order valence-corrected chi connectivity index (χ0v) is 10.1. The van der Waals surface area contributed by atoms with Gasteiger partial charge in [0.15, 0.2) is 17.6 Å². The van der Waals surface area contributed by atoms with Gasteiger partial charge in [-0.25, -0.2) is 4.79 Å². The van der Waals surface area contributed by atoms with Crippen LogP contribution in [0.2, 0.25) is 0 Å². The normalized spacial score (nSPS) is 12.2. The predicted octanol–water partition coefficient (Wildman–Crippen LogP) is 1.46. The van der Waals surface area contributed by atoms with Gasteiger partial charge in [-0.2, -0.15) is 0 Å². The van der Waals surface area contributed by atoms with Crippen molar-refractivity contribution in [1.29, 1.82) is 0 Å². The molecule has 0 radical (unpaired) electrons. The molecule has 0 heterocycles. The average molecular weight is 291 g/mol. The first-order chi connectivity index (χ1) is 7.49. The number of aliphatic hydroxyl groups is 1. The number of aromatic hydroxyl groups is 2. The van der Waals surface area contributed by atoms with E-state index in [9.17, 15) is 20.1 Å². The molecule has 0 aliphatic rings. The minimum atomic E-state index is -1.61. The van der Waals surface area contributed by atoms with Crippen LogP contribution in [0, 0.1) is 0 Å². The quantitative estimate of drug-likeness (QED) is 0.579. The van der Waals surface area contributed by atoms with Crippen molar-refractivity contribution in [2.24, 2.45) is 0 Å². The topological polar surface area (TPSA) is 87.0 Å². The molecule has 88 valence electrons. The van der Waals surface area contributed by atoms with Crippen LogP contribution in [0.25, 0.3) is 0 Å². The minimum Gasteiger partial charge on any atom is -0.504 e. The van der Waals surface area contributed by atoms with E-state index in [2.05, 4.69) is 20.7 Å². The van der Waals surface area contributed by atoms with Crippen LogP contribution in [0.5, 0.6) is 11.5 Å². The molecule has 0 saturated carbocycles. The number of benzene rings is 1. The van der Waals surface area contributed by atoms with Crippen LogP contribution in [0.15, 0.2) is 16.6 Å². The Kier molecular flexibility index (Phi) is 4.14. The highest BCUT2D eigenvalue weighted by Gasteiger charge is 2.24. The van der Waals surface area contributed by atoms with E-state index in [1.807, 2.05) is 0 Å². The number of rotatable bonds is 3. The molecule has 16 heavy (non-hydrogen) atoms. The van der Waals surface area contributed by atoms with Crippen molar-refractivity contribution in [2.75, 3.05) is 6.61 Å².